The first kappa shape index (κ1) is 17.7. The van der Waals surface area contributed by atoms with Gasteiger partial charge in [0, 0.05) is 47.0 Å². The molecule has 1 N–H and O–H groups in total. The average Bonchev–Trinajstić information content (AvgIpc) is 3.04. The quantitative estimate of drug-likeness (QED) is 0.501. The van der Waals surface area contributed by atoms with Crippen LogP contribution in [0.2, 0.25) is 5.02 Å². The van der Waals surface area contributed by atoms with Crippen molar-refractivity contribution >= 4 is 22.5 Å². The van der Waals surface area contributed by atoms with Gasteiger partial charge in [0.25, 0.3) is 0 Å². The SMILES string of the molecule is Fc1cccc(Cl)c1Cn1cc(CNCc2ccccn2)c2ccccc21. The van der Waals surface area contributed by atoms with Gasteiger partial charge < -0.3 is 9.88 Å². The van der Waals surface area contributed by atoms with E-state index in [9.17, 15) is 4.39 Å². The van der Waals surface area contributed by atoms with E-state index in [1.54, 1.807) is 18.3 Å². The molecule has 0 bridgehead atoms. The van der Waals surface area contributed by atoms with Gasteiger partial charge in [-0.25, -0.2) is 4.39 Å². The lowest BCUT2D eigenvalue weighted by Crippen LogP contribution is -2.13. The number of rotatable bonds is 6. The molecular weight excluding hydrogens is 361 g/mol. The monoisotopic (exact) mass is 379 g/mol. The lowest BCUT2D eigenvalue weighted by Gasteiger charge is -2.08. The minimum absolute atomic E-state index is 0.282. The first-order valence-corrected chi connectivity index (χ1v) is 9.20. The van der Waals surface area contributed by atoms with Crippen LogP contribution in [0.1, 0.15) is 16.8 Å². The van der Waals surface area contributed by atoms with Crippen LogP contribution in [0, 0.1) is 5.82 Å². The fourth-order valence-electron chi connectivity index (χ4n) is 3.28. The number of nitrogens with one attached hydrogen (secondary N) is 1. The highest BCUT2D eigenvalue weighted by atomic mass is 35.5. The first-order chi connectivity index (χ1) is 13.2. The number of nitrogens with zero attached hydrogens (tertiary/aromatic N) is 2. The Morgan fingerprint density at radius 2 is 1.81 bits per heavy atom. The van der Waals surface area contributed by atoms with E-state index in [-0.39, 0.29) is 5.82 Å². The van der Waals surface area contributed by atoms with Gasteiger partial charge in [-0.2, -0.15) is 0 Å². The van der Waals surface area contributed by atoms with E-state index in [0.29, 0.717) is 30.2 Å². The molecular formula is C22H19ClFN3. The summed E-state index contributed by atoms with van der Waals surface area (Å²) in [4.78, 5) is 4.33. The van der Waals surface area contributed by atoms with E-state index in [0.717, 1.165) is 22.2 Å². The Bertz CT molecular complexity index is 1040. The number of pyridine rings is 1. The molecule has 0 atom stereocenters. The molecule has 2 heterocycles. The maximum Gasteiger partial charge on any atom is 0.129 e. The van der Waals surface area contributed by atoms with Crippen molar-refractivity contribution in [2.45, 2.75) is 19.6 Å². The zero-order valence-corrected chi connectivity index (χ0v) is 15.5. The van der Waals surface area contributed by atoms with Crippen LogP contribution >= 0.6 is 11.6 Å². The standard InChI is InChI=1S/C22H19ClFN3/c23-20-8-5-9-21(24)19(20)15-27-14-16(18-7-1-2-10-22(18)27)12-25-13-17-6-3-4-11-26-17/h1-11,14,25H,12-13,15H2. The third kappa shape index (κ3) is 3.87. The Labute approximate surface area is 162 Å². The Morgan fingerprint density at radius 3 is 2.63 bits per heavy atom. The highest BCUT2D eigenvalue weighted by Crippen LogP contribution is 2.26. The van der Waals surface area contributed by atoms with Crippen molar-refractivity contribution in [3.8, 4) is 0 Å². The molecule has 5 heteroatoms. The van der Waals surface area contributed by atoms with Crippen LogP contribution in [0.15, 0.2) is 73.1 Å². The largest absolute Gasteiger partial charge is 0.343 e. The predicted molar refractivity (Wildman–Crippen MR) is 107 cm³/mol. The summed E-state index contributed by atoms with van der Waals surface area (Å²) in [6.45, 7) is 1.79. The highest BCUT2D eigenvalue weighted by Gasteiger charge is 2.12. The van der Waals surface area contributed by atoms with E-state index >= 15 is 0 Å². The molecule has 27 heavy (non-hydrogen) atoms. The van der Waals surface area contributed by atoms with E-state index in [1.807, 2.05) is 36.4 Å². The van der Waals surface area contributed by atoms with Crippen molar-refractivity contribution in [1.29, 1.82) is 0 Å². The van der Waals surface area contributed by atoms with Crippen molar-refractivity contribution in [2.75, 3.05) is 0 Å². The summed E-state index contributed by atoms with van der Waals surface area (Å²) < 4.78 is 16.3. The summed E-state index contributed by atoms with van der Waals surface area (Å²) in [7, 11) is 0. The average molecular weight is 380 g/mol. The maximum atomic E-state index is 14.2. The molecule has 2 aromatic heterocycles. The molecule has 0 spiro atoms. The molecule has 0 aliphatic rings. The van der Waals surface area contributed by atoms with Crippen LogP contribution in [-0.4, -0.2) is 9.55 Å². The van der Waals surface area contributed by atoms with Crippen LogP contribution in [0.5, 0.6) is 0 Å². The molecule has 0 saturated carbocycles. The van der Waals surface area contributed by atoms with Crippen LogP contribution in [0.4, 0.5) is 4.39 Å². The Hall–Kier alpha value is -2.69. The lowest BCUT2D eigenvalue weighted by atomic mass is 10.1. The van der Waals surface area contributed by atoms with Gasteiger partial charge in [0.15, 0.2) is 0 Å². The predicted octanol–water partition coefficient (Wildman–Crippen LogP) is 5.17. The third-order valence-corrected chi connectivity index (χ3v) is 4.96. The van der Waals surface area contributed by atoms with Gasteiger partial charge in [-0.3, -0.25) is 4.98 Å². The minimum atomic E-state index is -0.282. The molecule has 4 aromatic rings. The van der Waals surface area contributed by atoms with Crippen molar-refractivity contribution in [1.82, 2.24) is 14.9 Å². The van der Waals surface area contributed by atoms with Crippen molar-refractivity contribution in [3.05, 3.63) is 101 Å². The van der Waals surface area contributed by atoms with E-state index < -0.39 is 0 Å². The zero-order valence-electron chi connectivity index (χ0n) is 14.7. The summed E-state index contributed by atoms with van der Waals surface area (Å²) in [5.74, 6) is -0.282. The number of hydrogen-bond acceptors (Lipinski definition) is 2. The van der Waals surface area contributed by atoms with E-state index in [4.69, 9.17) is 11.6 Å². The van der Waals surface area contributed by atoms with E-state index in [2.05, 4.69) is 27.1 Å². The molecule has 2 aromatic carbocycles. The molecule has 136 valence electrons. The number of hydrogen-bond donors (Lipinski definition) is 1. The van der Waals surface area contributed by atoms with Crippen molar-refractivity contribution < 1.29 is 4.39 Å². The highest BCUT2D eigenvalue weighted by molar-refractivity contribution is 6.31. The number of halogens is 2. The van der Waals surface area contributed by atoms with Crippen molar-refractivity contribution in [3.63, 3.8) is 0 Å². The number of benzene rings is 2. The van der Waals surface area contributed by atoms with Gasteiger partial charge in [-0.1, -0.05) is 41.9 Å². The van der Waals surface area contributed by atoms with Gasteiger partial charge in [0.1, 0.15) is 5.82 Å². The molecule has 4 rings (SSSR count). The van der Waals surface area contributed by atoms with Crippen LogP contribution in [0.3, 0.4) is 0 Å². The molecule has 0 radical (unpaired) electrons. The lowest BCUT2D eigenvalue weighted by molar-refractivity contribution is 0.601. The second kappa shape index (κ2) is 7.91. The molecule has 0 amide bonds. The third-order valence-electron chi connectivity index (χ3n) is 4.61. The second-order valence-electron chi connectivity index (χ2n) is 6.42. The first-order valence-electron chi connectivity index (χ1n) is 8.82. The Morgan fingerprint density at radius 1 is 0.963 bits per heavy atom. The molecule has 0 aliphatic heterocycles. The van der Waals surface area contributed by atoms with Gasteiger partial charge >= 0.3 is 0 Å². The summed E-state index contributed by atoms with van der Waals surface area (Å²) in [6, 6.07) is 18.8. The summed E-state index contributed by atoms with van der Waals surface area (Å²) in [6.07, 6.45) is 3.86. The number of aromatic nitrogens is 2. The fourth-order valence-corrected chi connectivity index (χ4v) is 3.50. The van der Waals surface area contributed by atoms with Gasteiger partial charge in [0.2, 0.25) is 0 Å². The summed E-state index contributed by atoms with van der Waals surface area (Å²) in [5, 5.41) is 5.03. The molecule has 0 unspecified atom stereocenters. The van der Waals surface area contributed by atoms with Crippen molar-refractivity contribution in [2.24, 2.45) is 0 Å². The number of para-hydroxylation sites is 1. The maximum absolute atomic E-state index is 14.2. The summed E-state index contributed by atoms with van der Waals surface area (Å²) >= 11 is 6.22. The second-order valence-corrected chi connectivity index (χ2v) is 6.83. The summed E-state index contributed by atoms with van der Waals surface area (Å²) in [5.41, 5.74) is 3.73. The molecule has 0 aliphatic carbocycles. The van der Waals surface area contributed by atoms with Crippen LogP contribution < -0.4 is 5.32 Å². The normalized spacial score (nSPS) is 11.2. The topological polar surface area (TPSA) is 29.9 Å². The van der Waals surface area contributed by atoms with E-state index in [1.165, 1.54) is 6.07 Å². The molecule has 0 saturated heterocycles. The zero-order chi connectivity index (χ0) is 18.6. The number of fused-ring (bicyclic) bond motifs is 1. The Kier molecular flexibility index (Phi) is 5.19. The fraction of sp³-hybridized carbons (Fsp3) is 0.136. The van der Waals surface area contributed by atoms with Gasteiger partial charge in [0.05, 0.1) is 12.2 Å². The van der Waals surface area contributed by atoms with Gasteiger partial charge in [-0.05, 0) is 35.9 Å². The Balaban J connectivity index is 1.59. The van der Waals surface area contributed by atoms with Gasteiger partial charge in [-0.15, -0.1) is 0 Å². The minimum Gasteiger partial charge on any atom is -0.343 e. The van der Waals surface area contributed by atoms with Crippen LogP contribution in [0.25, 0.3) is 10.9 Å². The molecule has 0 fully saturated rings. The molecule has 3 nitrogen and oxygen atoms in total. The smallest absolute Gasteiger partial charge is 0.129 e. The van der Waals surface area contributed by atoms with Crippen LogP contribution in [-0.2, 0) is 19.6 Å².